The summed E-state index contributed by atoms with van der Waals surface area (Å²) >= 11 is 6.65. The van der Waals surface area contributed by atoms with Gasteiger partial charge in [-0.15, -0.1) is 6.58 Å². The Kier molecular flexibility index (Phi) is 3.35. The molecule has 0 amide bonds. The van der Waals surface area contributed by atoms with Gasteiger partial charge >= 0.3 is 0 Å². The molecule has 0 aliphatic heterocycles. The zero-order valence-electron chi connectivity index (χ0n) is 6.35. The van der Waals surface area contributed by atoms with Gasteiger partial charge in [-0.05, 0) is 49.9 Å². The normalized spacial score (nSPS) is 9.83. The zero-order chi connectivity index (χ0) is 9.14. The third kappa shape index (κ3) is 1.90. The van der Waals surface area contributed by atoms with Gasteiger partial charge in [0.2, 0.25) is 0 Å². The number of halogens is 2. The van der Waals surface area contributed by atoms with Crippen molar-refractivity contribution in [3.63, 3.8) is 0 Å². The summed E-state index contributed by atoms with van der Waals surface area (Å²) in [7, 11) is 0. The van der Waals surface area contributed by atoms with E-state index in [4.69, 9.17) is 0 Å². The van der Waals surface area contributed by atoms with Crippen LogP contribution in [0.1, 0.15) is 5.56 Å². The third-order valence-electron chi connectivity index (χ3n) is 1.51. The van der Waals surface area contributed by atoms with Crippen molar-refractivity contribution in [2.75, 3.05) is 0 Å². The molecule has 0 atom stereocenters. The van der Waals surface area contributed by atoms with Crippen molar-refractivity contribution in [1.29, 1.82) is 0 Å². The lowest BCUT2D eigenvalue weighted by atomic mass is 10.1. The maximum absolute atomic E-state index is 9.29. The molecule has 0 bridgehead atoms. The van der Waals surface area contributed by atoms with Crippen LogP contribution < -0.4 is 0 Å². The van der Waals surface area contributed by atoms with E-state index >= 15 is 0 Å². The molecule has 1 nitrogen and oxygen atoms in total. The van der Waals surface area contributed by atoms with Crippen LogP contribution >= 0.6 is 31.9 Å². The Morgan fingerprint density at radius 3 is 2.58 bits per heavy atom. The van der Waals surface area contributed by atoms with E-state index in [9.17, 15) is 5.11 Å². The number of phenols is 1. The summed E-state index contributed by atoms with van der Waals surface area (Å²) in [6.07, 6.45) is 2.61. The van der Waals surface area contributed by atoms with Crippen LogP contribution in [0.4, 0.5) is 0 Å². The van der Waals surface area contributed by atoms with Crippen LogP contribution in [0, 0.1) is 0 Å². The van der Waals surface area contributed by atoms with E-state index in [1.165, 1.54) is 0 Å². The fraction of sp³-hybridized carbons (Fsp3) is 0.111. The number of aromatic hydroxyl groups is 1. The molecule has 0 heterocycles. The fourth-order valence-electron chi connectivity index (χ4n) is 0.892. The van der Waals surface area contributed by atoms with E-state index in [0.717, 1.165) is 16.5 Å². The smallest absolute Gasteiger partial charge is 0.130 e. The van der Waals surface area contributed by atoms with Crippen molar-refractivity contribution in [1.82, 2.24) is 0 Å². The fourth-order valence-corrected chi connectivity index (χ4v) is 1.78. The third-order valence-corrected chi connectivity index (χ3v) is 3.75. The lowest BCUT2D eigenvalue weighted by Crippen LogP contribution is -1.84. The Labute approximate surface area is 88.4 Å². The maximum atomic E-state index is 9.29. The van der Waals surface area contributed by atoms with Crippen molar-refractivity contribution in [2.24, 2.45) is 0 Å². The number of hydrogen-bond acceptors (Lipinski definition) is 1. The SMILES string of the molecule is C=CCc1ccc(O)c(Br)c1Br. The molecule has 1 aromatic rings. The van der Waals surface area contributed by atoms with Gasteiger partial charge in [-0.25, -0.2) is 0 Å². The van der Waals surface area contributed by atoms with E-state index < -0.39 is 0 Å². The second-order valence-electron chi connectivity index (χ2n) is 2.36. The van der Waals surface area contributed by atoms with E-state index in [2.05, 4.69) is 38.4 Å². The van der Waals surface area contributed by atoms with E-state index in [0.29, 0.717) is 4.47 Å². The predicted octanol–water partition coefficient (Wildman–Crippen LogP) is 3.65. The Hall–Kier alpha value is -0.280. The Morgan fingerprint density at radius 2 is 2.00 bits per heavy atom. The van der Waals surface area contributed by atoms with E-state index in [1.807, 2.05) is 12.1 Å². The molecule has 0 spiro atoms. The lowest BCUT2D eigenvalue weighted by molar-refractivity contribution is 0.471. The zero-order valence-corrected chi connectivity index (χ0v) is 9.52. The van der Waals surface area contributed by atoms with Gasteiger partial charge in [0, 0.05) is 4.47 Å². The number of benzene rings is 1. The van der Waals surface area contributed by atoms with Gasteiger partial charge in [0.15, 0.2) is 0 Å². The summed E-state index contributed by atoms with van der Waals surface area (Å²) in [5.41, 5.74) is 1.11. The minimum Gasteiger partial charge on any atom is -0.507 e. The number of allylic oxidation sites excluding steroid dienone is 1. The van der Waals surface area contributed by atoms with Gasteiger partial charge in [-0.3, -0.25) is 0 Å². The van der Waals surface area contributed by atoms with Crippen LogP contribution in [0.15, 0.2) is 33.7 Å². The van der Waals surface area contributed by atoms with Gasteiger partial charge in [-0.2, -0.15) is 0 Å². The van der Waals surface area contributed by atoms with Gasteiger partial charge in [0.1, 0.15) is 5.75 Å². The Bertz CT molecular complexity index is 308. The predicted molar refractivity (Wildman–Crippen MR) is 57.4 cm³/mol. The second-order valence-corrected chi connectivity index (χ2v) is 3.95. The first-order valence-electron chi connectivity index (χ1n) is 3.43. The number of phenolic OH excluding ortho intramolecular Hbond substituents is 1. The summed E-state index contributed by atoms with van der Waals surface area (Å²) in [6.45, 7) is 3.65. The molecule has 3 heteroatoms. The van der Waals surface area contributed by atoms with Crippen LogP contribution in [0.3, 0.4) is 0 Å². The van der Waals surface area contributed by atoms with Crippen LogP contribution in [0.2, 0.25) is 0 Å². The molecule has 0 saturated carbocycles. The van der Waals surface area contributed by atoms with Crippen LogP contribution in [-0.4, -0.2) is 5.11 Å². The van der Waals surface area contributed by atoms with Gasteiger partial charge in [-0.1, -0.05) is 12.1 Å². The Morgan fingerprint density at radius 1 is 1.33 bits per heavy atom. The molecule has 1 rings (SSSR count). The minimum atomic E-state index is 0.245. The average molecular weight is 292 g/mol. The highest BCUT2D eigenvalue weighted by Gasteiger charge is 2.06. The summed E-state index contributed by atoms with van der Waals surface area (Å²) in [5.74, 6) is 0.245. The largest absolute Gasteiger partial charge is 0.507 e. The molecular formula is C9H8Br2O. The number of hydrogen-bond donors (Lipinski definition) is 1. The number of rotatable bonds is 2. The Balaban J connectivity index is 3.16. The standard InChI is InChI=1S/C9H8Br2O/c1-2-3-6-4-5-7(12)9(11)8(6)10/h2,4-5,12H,1,3H2. The molecule has 1 N–H and O–H groups in total. The summed E-state index contributed by atoms with van der Waals surface area (Å²) < 4.78 is 1.59. The molecule has 0 aliphatic carbocycles. The molecule has 0 aromatic heterocycles. The van der Waals surface area contributed by atoms with E-state index in [-0.39, 0.29) is 5.75 Å². The van der Waals surface area contributed by atoms with Crippen molar-refractivity contribution in [3.05, 3.63) is 39.3 Å². The van der Waals surface area contributed by atoms with Crippen LogP contribution in [0.5, 0.6) is 5.75 Å². The van der Waals surface area contributed by atoms with Crippen LogP contribution in [-0.2, 0) is 6.42 Å². The highest BCUT2D eigenvalue weighted by Crippen LogP contribution is 2.34. The summed E-state index contributed by atoms with van der Waals surface area (Å²) in [6, 6.07) is 3.53. The molecule has 0 unspecified atom stereocenters. The first-order valence-corrected chi connectivity index (χ1v) is 5.02. The van der Waals surface area contributed by atoms with Gasteiger partial charge in [0.05, 0.1) is 4.47 Å². The monoisotopic (exact) mass is 290 g/mol. The first kappa shape index (κ1) is 9.81. The molecule has 1 aromatic carbocycles. The summed E-state index contributed by atoms with van der Waals surface area (Å²) in [5, 5.41) is 9.29. The minimum absolute atomic E-state index is 0.245. The lowest BCUT2D eigenvalue weighted by Gasteiger charge is -2.04. The molecule has 0 fully saturated rings. The van der Waals surface area contributed by atoms with Gasteiger partial charge in [0.25, 0.3) is 0 Å². The second kappa shape index (κ2) is 4.10. The molecular weight excluding hydrogens is 284 g/mol. The van der Waals surface area contributed by atoms with Crippen molar-refractivity contribution in [3.8, 4) is 5.75 Å². The maximum Gasteiger partial charge on any atom is 0.130 e. The van der Waals surface area contributed by atoms with Crippen LogP contribution in [0.25, 0.3) is 0 Å². The highest BCUT2D eigenvalue weighted by molar-refractivity contribution is 9.13. The van der Waals surface area contributed by atoms with Crippen molar-refractivity contribution in [2.45, 2.75) is 6.42 Å². The molecule has 0 aliphatic rings. The molecule has 0 saturated heterocycles. The molecule has 12 heavy (non-hydrogen) atoms. The summed E-state index contributed by atoms with van der Waals surface area (Å²) in [4.78, 5) is 0. The average Bonchev–Trinajstić information content (AvgIpc) is 2.07. The first-order chi connectivity index (χ1) is 5.66. The van der Waals surface area contributed by atoms with E-state index in [1.54, 1.807) is 6.07 Å². The molecule has 64 valence electrons. The quantitative estimate of drug-likeness (QED) is 0.825. The van der Waals surface area contributed by atoms with Crippen molar-refractivity contribution >= 4 is 31.9 Å². The van der Waals surface area contributed by atoms with Crippen molar-refractivity contribution < 1.29 is 5.11 Å². The van der Waals surface area contributed by atoms with Gasteiger partial charge < -0.3 is 5.11 Å². The highest BCUT2D eigenvalue weighted by atomic mass is 79.9. The topological polar surface area (TPSA) is 20.2 Å². The molecule has 0 radical (unpaired) electrons.